The number of hydrogen-bond acceptors (Lipinski definition) is 1. The number of nitrogens with zero attached hydrogens (tertiary/aromatic N) is 1. The van der Waals surface area contributed by atoms with E-state index in [0.717, 1.165) is 16.6 Å². The van der Waals surface area contributed by atoms with E-state index in [4.69, 9.17) is 0 Å². The lowest BCUT2D eigenvalue weighted by Gasteiger charge is -2.31. The summed E-state index contributed by atoms with van der Waals surface area (Å²) in [4.78, 5) is 0. The van der Waals surface area contributed by atoms with Crippen LogP contribution in [-0.2, 0) is 6.54 Å². The third kappa shape index (κ3) is 9.49. The van der Waals surface area contributed by atoms with Crippen molar-refractivity contribution in [1.82, 2.24) is 0 Å². The summed E-state index contributed by atoms with van der Waals surface area (Å²) in [7, 11) is 4.60. The van der Waals surface area contributed by atoms with Gasteiger partial charge in [0.1, 0.15) is 6.54 Å². The first kappa shape index (κ1) is 22.6. The number of aliphatic hydroxyl groups excluding tert-OH is 1. The summed E-state index contributed by atoms with van der Waals surface area (Å²) < 4.78 is 0.999. The van der Waals surface area contributed by atoms with E-state index in [2.05, 4.69) is 33.2 Å². The van der Waals surface area contributed by atoms with Crippen molar-refractivity contribution in [3.05, 3.63) is 35.4 Å². The van der Waals surface area contributed by atoms with Gasteiger partial charge in [0.25, 0.3) is 0 Å². The molecule has 23 heavy (non-hydrogen) atoms. The minimum absolute atomic E-state index is 0. The van der Waals surface area contributed by atoms with Gasteiger partial charge in [-0.05, 0) is 25.3 Å². The zero-order valence-electron chi connectivity index (χ0n) is 15.5. The molecule has 2 nitrogen and oxygen atoms in total. The molecule has 3 heteroatoms. The number of rotatable bonds is 11. The molecule has 1 N–H and O–H groups in total. The van der Waals surface area contributed by atoms with Gasteiger partial charge in [-0.3, -0.25) is 0 Å². The number of benzene rings is 1. The van der Waals surface area contributed by atoms with E-state index in [1.54, 1.807) is 0 Å². The number of halogens is 1. The zero-order chi connectivity index (χ0) is 16.4. The van der Waals surface area contributed by atoms with Crippen molar-refractivity contribution in [2.75, 3.05) is 20.6 Å². The second-order valence-electron chi connectivity index (χ2n) is 7.31. The monoisotopic (exact) mass is 385 g/mol. The van der Waals surface area contributed by atoms with Crippen molar-refractivity contribution in [1.29, 1.82) is 0 Å². The standard InChI is InChI=1S/C20H36NO.BrH/c1-5-6-7-8-9-10-13-16-21(3,4)17-19-14-11-12-15-20(19)18(2)22;/h11-12,14-15,18,22H,5-10,13,16-17H2,1-4H3;1H/q+1;/p-1. The average Bonchev–Trinajstić information content (AvgIpc) is 2.46. The van der Waals surface area contributed by atoms with Gasteiger partial charge in [0.2, 0.25) is 0 Å². The second-order valence-corrected chi connectivity index (χ2v) is 7.31. The highest BCUT2D eigenvalue weighted by atomic mass is 79.9. The van der Waals surface area contributed by atoms with Crippen LogP contribution in [0.15, 0.2) is 24.3 Å². The highest BCUT2D eigenvalue weighted by Crippen LogP contribution is 2.21. The van der Waals surface area contributed by atoms with E-state index in [-0.39, 0.29) is 23.1 Å². The minimum atomic E-state index is -0.380. The highest BCUT2D eigenvalue weighted by Gasteiger charge is 2.18. The van der Waals surface area contributed by atoms with Gasteiger partial charge in [-0.25, -0.2) is 0 Å². The molecule has 0 spiro atoms. The van der Waals surface area contributed by atoms with Crippen LogP contribution in [0.5, 0.6) is 0 Å². The van der Waals surface area contributed by atoms with Gasteiger partial charge in [0.05, 0.1) is 26.7 Å². The lowest BCUT2D eigenvalue weighted by atomic mass is 10.0. The molecule has 1 aromatic rings. The molecule has 0 aliphatic rings. The lowest BCUT2D eigenvalue weighted by Crippen LogP contribution is -3.00. The fourth-order valence-corrected chi connectivity index (χ4v) is 3.12. The summed E-state index contributed by atoms with van der Waals surface area (Å²) in [5, 5.41) is 9.91. The molecule has 0 bridgehead atoms. The minimum Gasteiger partial charge on any atom is -1.00 e. The van der Waals surface area contributed by atoms with Gasteiger partial charge in [0, 0.05) is 5.56 Å². The number of aliphatic hydroxyl groups is 1. The highest BCUT2D eigenvalue weighted by molar-refractivity contribution is 5.28. The summed E-state index contributed by atoms with van der Waals surface area (Å²) >= 11 is 0. The van der Waals surface area contributed by atoms with E-state index in [1.165, 1.54) is 57.1 Å². The maximum atomic E-state index is 9.91. The lowest BCUT2D eigenvalue weighted by molar-refractivity contribution is -0.903. The molecule has 0 fully saturated rings. The number of quaternary nitrogens is 1. The SMILES string of the molecule is CCCCCCCCC[N+](C)(C)Cc1ccccc1C(C)O.[Br-]. The Hall–Kier alpha value is -0.380. The molecular weight excluding hydrogens is 350 g/mol. The predicted molar refractivity (Wildman–Crippen MR) is 95.7 cm³/mol. The smallest absolute Gasteiger partial charge is 0.104 e. The Morgan fingerprint density at radius 2 is 1.52 bits per heavy atom. The molecule has 0 heterocycles. The Balaban J connectivity index is 0.00000484. The van der Waals surface area contributed by atoms with Crippen LogP contribution in [0, 0.1) is 0 Å². The van der Waals surface area contributed by atoms with E-state index < -0.39 is 0 Å². The van der Waals surface area contributed by atoms with Crippen LogP contribution in [0.25, 0.3) is 0 Å². The summed E-state index contributed by atoms with van der Waals surface area (Å²) in [6.07, 6.45) is 9.16. The van der Waals surface area contributed by atoms with Gasteiger partial charge < -0.3 is 26.6 Å². The molecule has 0 aliphatic heterocycles. The molecular formula is C20H36BrNO. The topological polar surface area (TPSA) is 20.2 Å². The van der Waals surface area contributed by atoms with E-state index in [9.17, 15) is 5.11 Å². The largest absolute Gasteiger partial charge is 1.00 e. The first-order chi connectivity index (χ1) is 10.5. The molecule has 1 aromatic carbocycles. The maximum absolute atomic E-state index is 9.91. The molecule has 0 radical (unpaired) electrons. The van der Waals surface area contributed by atoms with Crippen LogP contribution in [-0.4, -0.2) is 30.2 Å². The molecule has 0 aromatic heterocycles. The van der Waals surface area contributed by atoms with Gasteiger partial charge in [-0.15, -0.1) is 0 Å². The summed E-state index contributed by atoms with van der Waals surface area (Å²) in [6, 6.07) is 8.30. The Kier molecular flexibility index (Phi) is 11.9. The number of unbranched alkanes of at least 4 members (excludes halogenated alkanes) is 6. The molecule has 1 atom stereocenters. The van der Waals surface area contributed by atoms with Crippen LogP contribution >= 0.6 is 0 Å². The van der Waals surface area contributed by atoms with Crippen molar-refractivity contribution >= 4 is 0 Å². The third-order valence-electron chi connectivity index (χ3n) is 4.47. The Labute approximate surface area is 154 Å². The molecule has 0 saturated carbocycles. The van der Waals surface area contributed by atoms with Crippen molar-refractivity contribution in [3.8, 4) is 0 Å². The Morgan fingerprint density at radius 1 is 0.957 bits per heavy atom. The van der Waals surface area contributed by atoms with Crippen molar-refractivity contribution in [2.24, 2.45) is 0 Å². The molecule has 0 amide bonds. The normalized spacial score (nSPS) is 12.7. The molecule has 1 unspecified atom stereocenters. The Bertz CT molecular complexity index is 418. The molecule has 1 rings (SSSR count). The second kappa shape index (κ2) is 12.0. The van der Waals surface area contributed by atoms with E-state index in [1.807, 2.05) is 19.1 Å². The van der Waals surface area contributed by atoms with Crippen LogP contribution in [0.3, 0.4) is 0 Å². The maximum Gasteiger partial charge on any atom is 0.104 e. The van der Waals surface area contributed by atoms with Gasteiger partial charge in [-0.1, -0.05) is 63.3 Å². The summed E-state index contributed by atoms with van der Waals surface area (Å²) in [5.74, 6) is 0. The van der Waals surface area contributed by atoms with Crippen molar-refractivity contribution in [2.45, 2.75) is 71.4 Å². The fraction of sp³-hybridized carbons (Fsp3) is 0.700. The first-order valence-corrected chi connectivity index (χ1v) is 9.04. The van der Waals surface area contributed by atoms with Gasteiger partial charge >= 0.3 is 0 Å². The summed E-state index contributed by atoms with van der Waals surface area (Å²) in [6.45, 7) is 6.33. The average molecular weight is 386 g/mol. The van der Waals surface area contributed by atoms with Crippen molar-refractivity contribution < 1.29 is 26.6 Å². The first-order valence-electron chi connectivity index (χ1n) is 9.04. The zero-order valence-corrected chi connectivity index (χ0v) is 17.1. The van der Waals surface area contributed by atoms with Crippen LogP contribution in [0.2, 0.25) is 0 Å². The fourth-order valence-electron chi connectivity index (χ4n) is 3.12. The quantitative estimate of drug-likeness (QED) is 0.456. The van der Waals surface area contributed by atoms with Crippen LogP contribution in [0.1, 0.15) is 76.0 Å². The van der Waals surface area contributed by atoms with Gasteiger partial charge in [0.15, 0.2) is 0 Å². The van der Waals surface area contributed by atoms with Crippen LogP contribution in [0.4, 0.5) is 0 Å². The summed E-state index contributed by atoms with van der Waals surface area (Å²) in [5.41, 5.74) is 2.36. The van der Waals surface area contributed by atoms with Gasteiger partial charge in [-0.2, -0.15) is 0 Å². The third-order valence-corrected chi connectivity index (χ3v) is 4.47. The predicted octanol–water partition coefficient (Wildman–Crippen LogP) is 2.07. The molecule has 134 valence electrons. The Morgan fingerprint density at radius 3 is 2.13 bits per heavy atom. The molecule has 0 aliphatic carbocycles. The molecule has 0 saturated heterocycles. The van der Waals surface area contributed by atoms with E-state index in [0.29, 0.717) is 0 Å². The number of hydrogen-bond donors (Lipinski definition) is 1. The van der Waals surface area contributed by atoms with Crippen LogP contribution < -0.4 is 17.0 Å². The van der Waals surface area contributed by atoms with E-state index >= 15 is 0 Å². The van der Waals surface area contributed by atoms with Crippen molar-refractivity contribution in [3.63, 3.8) is 0 Å².